The highest BCUT2D eigenvalue weighted by atomic mass is 79.9. The van der Waals surface area contributed by atoms with Gasteiger partial charge in [0.25, 0.3) is 0 Å². The fourth-order valence-electron chi connectivity index (χ4n) is 1.92. The summed E-state index contributed by atoms with van der Waals surface area (Å²) in [6.45, 7) is 11.2. The number of halogens is 1. The van der Waals surface area contributed by atoms with Gasteiger partial charge < -0.3 is 5.32 Å². The van der Waals surface area contributed by atoms with Crippen molar-refractivity contribution in [2.75, 3.05) is 0 Å². The number of hydrogen-bond donors (Lipinski definition) is 1. The van der Waals surface area contributed by atoms with Gasteiger partial charge in [0.1, 0.15) is 0 Å². The van der Waals surface area contributed by atoms with Crippen molar-refractivity contribution in [3.63, 3.8) is 0 Å². The second-order valence-corrected chi connectivity index (χ2v) is 6.80. The molecule has 0 saturated carbocycles. The van der Waals surface area contributed by atoms with Crippen LogP contribution < -0.4 is 5.32 Å². The fourth-order valence-corrected chi connectivity index (χ4v) is 2.17. The third-order valence-corrected chi connectivity index (χ3v) is 4.20. The second kappa shape index (κ2) is 5.66. The highest BCUT2D eigenvalue weighted by molar-refractivity contribution is 9.10. The molecule has 0 aromatic carbocycles. The van der Waals surface area contributed by atoms with E-state index in [0.29, 0.717) is 0 Å². The van der Waals surface area contributed by atoms with E-state index in [2.05, 4.69) is 65.1 Å². The van der Waals surface area contributed by atoms with Crippen molar-refractivity contribution in [3.05, 3.63) is 39.9 Å². The van der Waals surface area contributed by atoms with Gasteiger partial charge in [-0.2, -0.15) is 5.10 Å². The van der Waals surface area contributed by atoms with Gasteiger partial charge in [0, 0.05) is 18.3 Å². The van der Waals surface area contributed by atoms with Gasteiger partial charge >= 0.3 is 0 Å². The second-order valence-electron chi connectivity index (χ2n) is 6.01. The van der Waals surface area contributed by atoms with Crippen LogP contribution >= 0.6 is 15.9 Å². The predicted molar refractivity (Wildman–Crippen MR) is 85.1 cm³/mol. The first kappa shape index (κ1) is 15.2. The van der Waals surface area contributed by atoms with Crippen molar-refractivity contribution >= 4 is 15.9 Å². The van der Waals surface area contributed by atoms with Gasteiger partial charge in [0.05, 0.1) is 27.2 Å². The molecule has 0 saturated heterocycles. The van der Waals surface area contributed by atoms with Crippen LogP contribution in [0.2, 0.25) is 0 Å². The van der Waals surface area contributed by atoms with Crippen LogP contribution in [-0.4, -0.2) is 20.3 Å². The van der Waals surface area contributed by atoms with E-state index in [0.717, 1.165) is 33.8 Å². The third-order valence-electron chi connectivity index (χ3n) is 3.05. The maximum atomic E-state index is 4.55. The van der Waals surface area contributed by atoms with E-state index < -0.39 is 0 Å². The van der Waals surface area contributed by atoms with E-state index in [1.807, 2.05) is 23.9 Å². The number of pyridine rings is 1. The summed E-state index contributed by atoms with van der Waals surface area (Å²) >= 11 is 3.56. The zero-order valence-corrected chi connectivity index (χ0v) is 14.2. The van der Waals surface area contributed by atoms with E-state index in [4.69, 9.17) is 0 Å². The van der Waals surface area contributed by atoms with Crippen LogP contribution in [0.4, 0.5) is 0 Å². The standard InChI is InChI=1S/C15H21BrN4/c1-10-14(16)11(2)20(19-10)13-6-7-17-12(8-13)9-18-15(3,4)5/h6-8,18H,9H2,1-5H3. The number of aryl methyl sites for hydroxylation is 1. The summed E-state index contributed by atoms with van der Waals surface area (Å²) < 4.78 is 3.01. The molecule has 0 aliphatic rings. The Kier molecular flexibility index (Phi) is 4.30. The molecular formula is C15H21BrN4. The minimum absolute atomic E-state index is 0.0823. The third kappa shape index (κ3) is 3.46. The van der Waals surface area contributed by atoms with E-state index >= 15 is 0 Å². The van der Waals surface area contributed by atoms with Gasteiger partial charge in [0.15, 0.2) is 0 Å². The maximum absolute atomic E-state index is 4.55. The molecule has 4 nitrogen and oxygen atoms in total. The lowest BCUT2D eigenvalue weighted by Gasteiger charge is -2.20. The number of rotatable bonds is 3. The van der Waals surface area contributed by atoms with Crippen molar-refractivity contribution < 1.29 is 0 Å². The molecule has 108 valence electrons. The molecule has 2 rings (SSSR count). The number of nitrogens with one attached hydrogen (secondary N) is 1. The average molecular weight is 337 g/mol. The van der Waals surface area contributed by atoms with Crippen molar-refractivity contribution in [2.45, 2.75) is 46.7 Å². The van der Waals surface area contributed by atoms with E-state index in [-0.39, 0.29) is 5.54 Å². The molecule has 2 aromatic heterocycles. The van der Waals surface area contributed by atoms with Crippen molar-refractivity contribution in [2.24, 2.45) is 0 Å². The number of aromatic nitrogens is 3. The topological polar surface area (TPSA) is 42.7 Å². The molecule has 0 aliphatic heterocycles. The molecule has 5 heteroatoms. The van der Waals surface area contributed by atoms with Gasteiger partial charge in [-0.3, -0.25) is 4.98 Å². The lowest BCUT2D eigenvalue weighted by molar-refractivity contribution is 0.421. The molecule has 20 heavy (non-hydrogen) atoms. The van der Waals surface area contributed by atoms with E-state index in [9.17, 15) is 0 Å². The Morgan fingerprint density at radius 3 is 2.55 bits per heavy atom. The van der Waals surface area contributed by atoms with Gasteiger partial charge in [-0.05, 0) is 62.7 Å². The van der Waals surface area contributed by atoms with Crippen LogP contribution in [0, 0.1) is 13.8 Å². The van der Waals surface area contributed by atoms with Gasteiger partial charge in [0.2, 0.25) is 0 Å². The maximum Gasteiger partial charge on any atom is 0.0743 e. The summed E-state index contributed by atoms with van der Waals surface area (Å²) in [6, 6.07) is 4.05. The largest absolute Gasteiger partial charge is 0.306 e. The highest BCUT2D eigenvalue weighted by Gasteiger charge is 2.12. The first-order chi connectivity index (χ1) is 9.28. The lowest BCUT2D eigenvalue weighted by Crippen LogP contribution is -2.35. The molecule has 0 fully saturated rings. The SMILES string of the molecule is Cc1nn(-c2ccnc(CNC(C)(C)C)c2)c(C)c1Br. The zero-order chi connectivity index (χ0) is 14.9. The summed E-state index contributed by atoms with van der Waals surface area (Å²) in [6.07, 6.45) is 1.83. The first-order valence-corrected chi connectivity index (χ1v) is 7.49. The Labute approximate surface area is 128 Å². The van der Waals surface area contributed by atoms with Gasteiger partial charge in [-0.1, -0.05) is 0 Å². The van der Waals surface area contributed by atoms with E-state index in [1.54, 1.807) is 0 Å². The quantitative estimate of drug-likeness (QED) is 0.932. The summed E-state index contributed by atoms with van der Waals surface area (Å²) in [5.41, 5.74) is 4.23. The molecule has 0 atom stereocenters. The van der Waals surface area contributed by atoms with E-state index in [1.165, 1.54) is 0 Å². The average Bonchev–Trinajstić information content (AvgIpc) is 2.64. The Morgan fingerprint density at radius 2 is 2.00 bits per heavy atom. The first-order valence-electron chi connectivity index (χ1n) is 6.70. The molecule has 0 aliphatic carbocycles. The fraction of sp³-hybridized carbons (Fsp3) is 0.467. The van der Waals surface area contributed by atoms with Crippen LogP contribution in [0.15, 0.2) is 22.8 Å². The monoisotopic (exact) mass is 336 g/mol. The van der Waals surface area contributed by atoms with Crippen LogP contribution in [0.3, 0.4) is 0 Å². The molecule has 0 bridgehead atoms. The molecule has 1 N–H and O–H groups in total. The summed E-state index contributed by atoms with van der Waals surface area (Å²) in [7, 11) is 0. The molecule has 2 heterocycles. The molecule has 0 radical (unpaired) electrons. The van der Waals surface area contributed by atoms with Crippen molar-refractivity contribution in [1.82, 2.24) is 20.1 Å². The predicted octanol–water partition coefficient (Wildman–Crippen LogP) is 3.53. The minimum atomic E-state index is 0.0823. The molecule has 0 unspecified atom stereocenters. The van der Waals surface area contributed by atoms with Gasteiger partial charge in [-0.15, -0.1) is 0 Å². The lowest BCUT2D eigenvalue weighted by atomic mass is 10.1. The smallest absolute Gasteiger partial charge is 0.0743 e. The molecule has 0 spiro atoms. The molecule has 2 aromatic rings. The zero-order valence-electron chi connectivity index (χ0n) is 12.7. The summed E-state index contributed by atoms with van der Waals surface area (Å²) in [4.78, 5) is 4.41. The summed E-state index contributed by atoms with van der Waals surface area (Å²) in [5.74, 6) is 0. The highest BCUT2D eigenvalue weighted by Crippen LogP contribution is 2.23. The van der Waals surface area contributed by atoms with Crippen LogP contribution in [-0.2, 0) is 6.54 Å². The Bertz CT molecular complexity index is 611. The van der Waals surface area contributed by atoms with Crippen LogP contribution in [0.25, 0.3) is 5.69 Å². The van der Waals surface area contributed by atoms with Gasteiger partial charge in [-0.25, -0.2) is 4.68 Å². The van der Waals surface area contributed by atoms with Crippen LogP contribution in [0.5, 0.6) is 0 Å². The molecular weight excluding hydrogens is 316 g/mol. The van der Waals surface area contributed by atoms with Crippen LogP contribution in [0.1, 0.15) is 37.9 Å². The molecule has 0 amide bonds. The number of nitrogens with zero attached hydrogens (tertiary/aromatic N) is 3. The van der Waals surface area contributed by atoms with Crippen molar-refractivity contribution in [1.29, 1.82) is 0 Å². The normalized spacial score (nSPS) is 11.9. The van der Waals surface area contributed by atoms with Crippen molar-refractivity contribution in [3.8, 4) is 5.69 Å². The Hall–Kier alpha value is -1.20. The number of hydrogen-bond acceptors (Lipinski definition) is 3. The Morgan fingerprint density at radius 1 is 1.30 bits per heavy atom. The summed E-state index contributed by atoms with van der Waals surface area (Å²) in [5, 5.41) is 8.00. The minimum Gasteiger partial charge on any atom is -0.306 e. The Balaban J connectivity index is 2.28.